The van der Waals surface area contributed by atoms with Crippen molar-refractivity contribution in [2.75, 3.05) is 51.3 Å². The molecule has 1 saturated heterocycles. The van der Waals surface area contributed by atoms with E-state index in [1.807, 2.05) is 13.8 Å². The zero-order valence-corrected chi connectivity index (χ0v) is 16.1. The zero-order chi connectivity index (χ0) is 19.8. The van der Waals surface area contributed by atoms with Gasteiger partial charge in [-0.15, -0.1) is 0 Å². The van der Waals surface area contributed by atoms with Gasteiger partial charge < -0.3 is 24.6 Å². The number of likely N-dealkylation sites (N-methyl/N-ethyl adjacent to an activating group) is 1. The van der Waals surface area contributed by atoms with Crippen LogP contribution in [0, 0.1) is 0 Å². The standard InChI is InChI=1S/C19H27N3O5/c1-4-21(5-2)18(24)13-27-17-7-6-15(20-14(3)23)12-16(17)19(25)22-8-10-26-11-9-22/h6-7,12H,4-5,8-11,13H2,1-3H3,(H,20,23). The number of hydrogen-bond acceptors (Lipinski definition) is 5. The molecule has 0 atom stereocenters. The Morgan fingerprint density at radius 1 is 1.19 bits per heavy atom. The molecule has 0 radical (unpaired) electrons. The lowest BCUT2D eigenvalue weighted by molar-refractivity contribution is -0.133. The minimum absolute atomic E-state index is 0.143. The van der Waals surface area contributed by atoms with Crippen LogP contribution in [-0.2, 0) is 14.3 Å². The summed E-state index contributed by atoms with van der Waals surface area (Å²) in [5.41, 5.74) is 0.817. The number of rotatable bonds is 7. The van der Waals surface area contributed by atoms with E-state index in [4.69, 9.17) is 9.47 Å². The molecular weight excluding hydrogens is 350 g/mol. The molecule has 1 aliphatic rings. The predicted octanol–water partition coefficient (Wildman–Crippen LogP) is 1.36. The van der Waals surface area contributed by atoms with Gasteiger partial charge in [-0.1, -0.05) is 0 Å². The Hall–Kier alpha value is -2.61. The Morgan fingerprint density at radius 2 is 1.85 bits per heavy atom. The fourth-order valence-corrected chi connectivity index (χ4v) is 2.85. The van der Waals surface area contributed by atoms with Crippen LogP contribution in [0.15, 0.2) is 18.2 Å². The molecule has 0 unspecified atom stereocenters. The number of amides is 3. The molecule has 3 amide bonds. The summed E-state index contributed by atoms with van der Waals surface area (Å²) in [5.74, 6) is -0.266. The lowest BCUT2D eigenvalue weighted by atomic mass is 10.1. The molecule has 0 spiro atoms. The van der Waals surface area contributed by atoms with Gasteiger partial charge in [0.25, 0.3) is 11.8 Å². The summed E-state index contributed by atoms with van der Waals surface area (Å²) in [6.45, 7) is 8.18. The third-order valence-corrected chi connectivity index (χ3v) is 4.30. The maximum Gasteiger partial charge on any atom is 0.260 e. The van der Waals surface area contributed by atoms with Crippen molar-refractivity contribution < 1.29 is 23.9 Å². The molecule has 0 saturated carbocycles. The van der Waals surface area contributed by atoms with E-state index in [0.29, 0.717) is 56.4 Å². The third-order valence-electron chi connectivity index (χ3n) is 4.30. The van der Waals surface area contributed by atoms with E-state index in [1.54, 1.807) is 28.0 Å². The van der Waals surface area contributed by atoms with Gasteiger partial charge in [0.2, 0.25) is 5.91 Å². The topological polar surface area (TPSA) is 88.2 Å². The average molecular weight is 377 g/mol. The van der Waals surface area contributed by atoms with Crippen LogP contribution in [-0.4, -0.2) is 73.5 Å². The second kappa shape index (κ2) is 9.91. The molecule has 8 heteroatoms. The van der Waals surface area contributed by atoms with Crippen molar-refractivity contribution in [2.45, 2.75) is 20.8 Å². The van der Waals surface area contributed by atoms with Crippen LogP contribution >= 0.6 is 0 Å². The molecule has 8 nitrogen and oxygen atoms in total. The number of carbonyl (C=O) groups is 3. The van der Waals surface area contributed by atoms with Crippen LogP contribution in [0.25, 0.3) is 0 Å². The lowest BCUT2D eigenvalue weighted by Crippen LogP contribution is -2.41. The van der Waals surface area contributed by atoms with Gasteiger partial charge in [-0.2, -0.15) is 0 Å². The molecule has 1 fully saturated rings. The summed E-state index contributed by atoms with van der Waals surface area (Å²) in [4.78, 5) is 39.8. The van der Waals surface area contributed by atoms with E-state index in [2.05, 4.69) is 5.32 Å². The van der Waals surface area contributed by atoms with Gasteiger partial charge >= 0.3 is 0 Å². The van der Waals surface area contributed by atoms with Crippen LogP contribution in [0.4, 0.5) is 5.69 Å². The number of ether oxygens (including phenoxy) is 2. The average Bonchev–Trinajstić information content (AvgIpc) is 2.67. The number of carbonyl (C=O) groups excluding carboxylic acids is 3. The fraction of sp³-hybridized carbons (Fsp3) is 0.526. The molecule has 0 bridgehead atoms. The number of anilines is 1. The second-order valence-electron chi connectivity index (χ2n) is 6.15. The first kappa shape index (κ1) is 20.7. The summed E-state index contributed by atoms with van der Waals surface area (Å²) >= 11 is 0. The van der Waals surface area contributed by atoms with E-state index in [-0.39, 0.29) is 24.3 Å². The smallest absolute Gasteiger partial charge is 0.260 e. The Balaban J connectivity index is 2.22. The minimum atomic E-state index is -0.231. The predicted molar refractivity (Wildman–Crippen MR) is 101 cm³/mol. The van der Waals surface area contributed by atoms with Crippen LogP contribution in [0.1, 0.15) is 31.1 Å². The van der Waals surface area contributed by atoms with Crippen molar-refractivity contribution in [2.24, 2.45) is 0 Å². The van der Waals surface area contributed by atoms with E-state index in [9.17, 15) is 14.4 Å². The van der Waals surface area contributed by atoms with Crippen molar-refractivity contribution in [1.29, 1.82) is 0 Å². The summed E-state index contributed by atoms with van der Waals surface area (Å²) in [6, 6.07) is 4.83. The largest absolute Gasteiger partial charge is 0.483 e. The highest BCUT2D eigenvalue weighted by atomic mass is 16.5. The Kier molecular flexibility index (Phi) is 7.60. The van der Waals surface area contributed by atoms with Crippen molar-refractivity contribution in [3.63, 3.8) is 0 Å². The second-order valence-corrected chi connectivity index (χ2v) is 6.15. The Bertz CT molecular complexity index is 682. The number of nitrogens with zero attached hydrogens (tertiary/aromatic N) is 2. The van der Waals surface area contributed by atoms with Gasteiger partial charge in [0.15, 0.2) is 6.61 Å². The summed E-state index contributed by atoms with van der Waals surface area (Å²) in [5, 5.41) is 2.67. The van der Waals surface area contributed by atoms with Gasteiger partial charge in [0.05, 0.1) is 18.8 Å². The van der Waals surface area contributed by atoms with Crippen molar-refractivity contribution in [3.05, 3.63) is 23.8 Å². The fourth-order valence-electron chi connectivity index (χ4n) is 2.85. The Morgan fingerprint density at radius 3 is 2.44 bits per heavy atom. The molecule has 0 aliphatic carbocycles. The highest BCUT2D eigenvalue weighted by Crippen LogP contribution is 2.25. The maximum absolute atomic E-state index is 12.9. The van der Waals surface area contributed by atoms with Crippen molar-refractivity contribution >= 4 is 23.4 Å². The summed E-state index contributed by atoms with van der Waals surface area (Å²) < 4.78 is 11.0. The van der Waals surface area contributed by atoms with Gasteiger partial charge in [0, 0.05) is 38.8 Å². The molecule has 1 heterocycles. The molecule has 1 N–H and O–H groups in total. The third kappa shape index (κ3) is 5.68. The first-order valence-corrected chi connectivity index (χ1v) is 9.15. The minimum Gasteiger partial charge on any atom is -0.483 e. The van der Waals surface area contributed by atoms with E-state index < -0.39 is 0 Å². The first-order chi connectivity index (χ1) is 13.0. The van der Waals surface area contributed by atoms with Crippen LogP contribution in [0.5, 0.6) is 5.75 Å². The normalized spacial score (nSPS) is 13.8. The zero-order valence-electron chi connectivity index (χ0n) is 16.1. The summed E-state index contributed by atoms with van der Waals surface area (Å²) in [6.07, 6.45) is 0. The van der Waals surface area contributed by atoms with Crippen LogP contribution in [0.2, 0.25) is 0 Å². The molecule has 1 aromatic rings. The number of benzene rings is 1. The van der Waals surface area contributed by atoms with E-state index in [1.165, 1.54) is 6.92 Å². The number of nitrogens with one attached hydrogen (secondary N) is 1. The van der Waals surface area contributed by atoms with Crippen LogP contribution in [0.3, 0.4) is 0 Å². The maximum atomic E-state index is 12.9. The molecule has 0 aromatic heterocycles. The first-order valence-electron chi connectivity index (χ1n) is 9.15. The SMILES string of the molecule is CCN(CC)C(=O)COc1ccc(NC(C)=O)cc1C(=O)N1CCOCC1. The van der Waals surface area contributed by atoms with Gasteiger partial charge in [-0.05, 0) is 32.0 Å². The highest BCUT2D eigenvalue weighted by molar-refractivity contribution is 5.99. The summed E-state index contributed by atoms with van der Waals surface area (Å²) in [7, 11) is 0. The van der Waals surface area contributed by atoms with Gasteiger partial charge in [-0.3, -0.25) is 14.4 Å². The molecular formula is C19H27N3O5. The molecule has 148 valence electrons. The Labute approximate surface area is 159 Å². The molecule has 2 rings (SSSR count). The molecule has 1 aromatic carbocycles. The van der Waals surface area contributed by atoms with E-state index >= 15 is 0 Å². The number of hydrogen-bond donors (Lipinski definition) is 1. The number of morpholine rings is 1. The van der Waals surface area contributed by atoms with Crippen LogP contribution < -0.4 is 10.1 Å². The quantitative estimate of drug-likeness (QED) is 0.775. The lowest BCUT2D eigenvalue weighted by Gasteiger charge is -2.27. The molecule has 1 aliphatic heterocycles. The van der Waals surface area contributed by atoms with Crippen molar-refractivity contribution in [3.8, 4) is 5.75 Å². The molecule has 27 heavy (non-hydrogen) atoms. The van der Waals surface area contributed by atoms with Gasteiger partial charge in [-0.25, -0.2) is 0 Å². The highest BCUT2D eigenvalue weighted by Gasteiger charge is 2.23. The monoisotopic (exact) mass is 377 g/mol. The van der Waals surface area contributed by atoms with E-state index in [0.717, 1.165) is 0 Å². The van der Waals surface area contributed by atoms with Crippen molar-refractivity contribution in [1.82, 2.24) is 9.80 Å². The van der Waals surface area contributed by atoms with Gasteiger partial charge in [0.1, 0.15) is 5.75 Å².